The number of anilines is 2. The van der Waals surface area contributed by atoms with E-state index in [9.17, 15) is 4.79 Å². The minimum Gasteiger partial charge on any atom is -0.553 e. The van der Waals surface area contributed by atoms with E-state index in [2.05, 4.69) is 22.0 Å². The van der Waals surface area contributed by atoms with Gasteiger partial charge in [0, 0.05) is 11.0 Å². The predicted octanol–water partition coefficient (Wildman–Crippen LogP) is 3.75. The van der Waals surface area contributed by atoms with Gasteiger partial charge in [-0.3, -0.25) is 4.57 Å². The fourth-order valence-corrected chi connectivity index (χ4v) is 3.22. The minimum atomic E-state index is -0.166. The maximum Gasteiger partial charge on any atom is 2.00 e. The van der Waals surface area contributed by atoms with Crippen molar-refractivity contribution in [3.63, 3.8) is 0 Å². The summed E-state index contributed by atoms with van der Waals surface area (Å²) in [7, 11) is 4.07. The van der Waals surface area contributed by atoms with Gasteiger partial charge in [0.15, 0.2) is 0 Å². The van der Waals surface area contributed by atoms with Gasteiger partial charge in [0.1, 0.15) is 0 Å². The number of aromatic nitrogens is 4. The number of benzene rings is 3. The number of para-hydroxylation sites is 4. The molecule has 0 bridgehead atoms. The maximum absolute atomic E-state index is 12.3. The Bertz CT molecular complexity index is 1280. The zero-order valence-corrected chi connectivity index (χ0v) is 17.7. The fourth-order valence-electron chi connectivity index (χ4n) is 3.22. The molecule has 5 aromatic rings. The molecule has 0 amide bonds. The van der Waals surface area contributed by atoms with E-state index in [0.717, 1.165) is 33.4 Å². The first kappa shape index (κ1) is 18.3. The molecule has 7 heteroatoms. The number of H-pyrrole nitrogens is 1. The summed E-state index contributed by atoms with van der Waals surface area (Å²) in [5, 5.41) is 0. The quantitative estimate of drug-likeness (QED) is 0.357. The van der Waals surface area contributed by atoms with E-state index in [1.165, 1.54) is 0 Å². The third-order valence-electron chi connectivity index (χ3n) is 4.57. The van der Waals surface area contributed by atoms with Crippen LogP contribution in [0.25, 0.3) is 27.8 Å². The molecule has 0 radical (unpaired) electrons. The SMILES string of the molecule is [CH2-]N(c1ccc(-n2c(=O)[nH]c3ccccc32)cc1)c1nc2ccccc2[n-]1.[W+2]. The fraction of sp³-hybridized carbons (Fsp3) is 0. The largest absolute Gasteiger partial charge is 2.00 e. The molecule has 136 valence electrons. The number of hydrogen-bond acceptors (Lipinski definition) is 3. The normalized spacial score (nSPS) is 10.9. The molecular formula is C21H15N5OW. The van der Waals surface area contributed by atoms with Crippen molar-refractivity contribution < 1.29 is 21.1 Å². The Balaban J connectivity index is 0.00000192. The third-order valence-corrected chi connectivity index (χ3v) is 4.57. The van der Waals surface area contributed by atoms with Crippen molar-refractivity contribution >= 4 is 33.7 Å². The van der Waals surface area contributed by atoms with E-state index in [1.807, 2.05) is 72.8 Å². The molecule has 0 fully saturated rings. The molecule has 0 unspecified atom stereocenters. The molecular weight excluding hydrogens is 522 g/mol. The van der Waals surface area contributed by atoms with Crippen LogP contribution in [0.5, 0.6) is 0 Å². The van der Waals surface area contributed by atoms with Gasteiger partial charge in [0.05, 0.1) is 16.7 Å². The average molecular weight is 537 g/mol. The van der Waals surface area contributed by atoms with Gasteiger partial charge in [-0.25, -0.2) is 4.79 Å². The molecule has 0 aliphatic heterocycles. The Labute approximate surface area is 175 Å². The van der Waals surface area contributed by atoms with Gasteiger partial charge in [0.25, 0.3) is 0 Å². The van der Waals surface area contributed by atoms with Gasteiger partial charge in [-0.2, -0.15) is 0 Å². The monoisotopic (exact) mass is 537 g/mol. The molecule has 3 aromatic carbocycles. The summed E-state index contributed by atoms with van der Waals surface area (Å²) in [4.78, 5) is 25.9. The molecule has 5 rings (SSSR count). The van der Waals surface area contributed by atoms with Crippen LogP contribution in [0.2, 0.25) is 0 Å². The molecule has 6 nitrogen and oxygen atoms in total. The van der Waals surface area contributed by atoms with Gasteiger partial charge < -0.3 is 26.9 Å². The Morgan fingerprint density at radius 3 is 2.46 bits per heavy atom. The van der Waals surface area contributed by atoms with Crippen molar-refractivity contribution in [2.75, 3.05) is 4.90 Å². The number of rotatable bonds is 3. The molecule has 2 aromatic heterocycles. The first-order valence-corrected chi connectivity index (χ1v) is 8.51. The van der Waals surface area contributed by atoms with Crippen LogP contribution in [0.3, 0.4) is 0 Å². The van der Waals surface area contributed by atoms with Crippen LogP contribution >= 0.6 is 0 Å². The van der Waals surface area contributed by atoms with Crippen molar-refractivity contribution in [2.45, 2.75) is 0 Å². The molecule has 1 N–H and O–H groups in total. The van der Waals surface area contributed by atoms with Gasteiger partial charge >= 0.3 is 26.8 Å². The van der Waals surface area contributed by atoms with Crippen molar-refractivity contribution in [2.24, 2.45) is 0 Å². The molecule has 0 aliphatic carbocycles. The molecule has 0 saturated carbocycles. The summed E-state index contributed by atoms with van der Waals surface area (Å²) >= 11 is 0. The summed E-state index contributed by atoms with van der Waals surface area (Å²) < 4.78 is 1.65. The average Bonchev–Trinajstić information content (AvgIpc) is 3.27. The van der Waals surface area contributed by atoms with Crippen LogP contribution in [-0.4, -0.2) is 14.5 Å². The number of hydrogen-bond donors (Lipinski definition) is 1. The first-order valence-electron chi connectivity index (χ1n) is 8.51. The van der Waals surface area contributed by atoms with E-state index in [1.54, 1.807) is 9.47 Å². The summed E-state index contributed by atoms with van der Waals surface area (Å²) in [6.07, 6.45) is 0. The zero-order valence-electron chi connectivity index (χ0n) is 14.7. The van der Waals surface area contributed by atoms with Crippen LogP contribution in [0.1, 0.15) is 0 Å². The molecule has 2 heterocycles. The first-order chi connectivity index (χ1) is 13.2. The number of fused-ring (bicyclic) bond motifs is 2. The van der Waals surface area contributed by atoms with Gasteiger partial charge in [0.2, 0.25) is 0 Å². The van der Waals surface area contributed by atoms with E-state index < -0.39 is 0 Å². The zero-order chi connectivity index (χ0) is 18.4. The molecule has 0 atom stereocenters. The second kappa shape index (κ2) is 7.13. The van der Waals surface area contributed by atoms with Crippen LogP contribution in [0.15, 0.2) is 77.6 Å². The molecule has 0 saturated heterocycles. The van der Waals surface area contributed by atoms with Gasteiger partial charge in [-0.15, -0.1) is 0 Å². The second-order valence-electron chi connectivity index (χ2n) is 6.24. The second-order valence-corrected chi connectivity index (χ2v) is 6.24. The van der Waals surface area contributed by atoms with Crippen molar-refractivity contribution in [1.29, 1.82) is 0 Å². The standard InChI is InChI=1S/C21H16N5O.W/c1-25(20-22-16-6-2-3-7-17(16)23-20)14-10-12-15(13-11-14)26-19-9-5-4-8-18(19)24-21(26)27;/h2-13H,1H2,(H2,22,23,24,27);/q-1;+2/p-1. The van der Waals surface area contributed by atoms with Crippen LogP contribution in [0.4, 0.5) is 11.6 Å². The number of nitrogens with zero attached hydrogens (tertiary/aromatic N) is 4. The molecule has 0 spiro atoms. The Kier molecular flexibility index (Phi) is 4.65. The summed E-state index contributed by atoms with van der Waals surface area (Å²) in [5.41, 5.74) is 4.77. The van der Waals surface area contributed by atoms with Crippen LogP contribution in [-0.2, 0) is 21.1 Å². The molecule has 28 heavy (non-hydrogen) atoms. The minimum absolute atomic E-state index is 0. The summed E-state index contributed by atoms with van der Waals surface area (Å²) in [5.74, 6) is 0.535. The van der Waals surface area contributed by atoms with Gasteiger partial charge in [-0.1, -0.05) is 48.5 Å². The van der Waals surface area contributed by atoms with Crippen LogP contribution in [0, 0.1) is 7.05 Å². The smallest absolute Gasteiger partial charge is 0.553 e. The van der Waals surface area contributed by atoms with E-state index in [-0.39, 0.29) is 26.8 Å². The van der Waals surface area contributed by atoms with E-state index in [0.29, 0.717) is 5.95 Å². The van der Waals surface area contributed by atoms with Crippen LogP contribution < -0.4 is 15.6 Å². The topological polar surface area (TPSA) is 68.0 Å². The summed E-state index contributed by atoms with van der Waals surface area (Å²) in [6.45, 7) is 0. The Morgan fingerprint density at radius 1 is 0.964 bits per heavy atom. The van der Waals surface area contributed by atoms with Gasteiger partial charge in [-0.05, 0) is 35.9 Å². The third kappa shape index (κ3) is 2.96. The Morgan fingerprint density at radius 2 is 1.68 bits per heavy atom. The van der Waals surface area contributed by atoms with E-state index in [4.69, 9.17) is 0 Å². The summed E-state index contributed by atoms with van der Waals surface area (Å²) in [6, 6.07) is 22.9. The number of aromatic amines is 1. The maximum atomic E-state index is 12.3. The Hall–Kier alpha value is -3.11. The predicted molar refractivity (Wildman–Crippen MR) is 106 cm³/mol. The van der Waals surface area contributed by atoms with Crippen molar-refractivity contribution in [3.05, 3.63) is 90.3 Å². The molecule has 0 aliphatic rings. The van der Waals surface area contributed by atoms with Crippen molar-refractivity contribution in [3.8, 4) is 5.69 Å². The van der Waals surface area contributed by atoms with E-state index >= 15 is 0 Å². The number of imidazole rings is 2. The van der Waals surface area contributed by atoms with Crippen molar-refractivity contribution in [1.82, 2.24) is 19.5 Å². The number of nitrogens with one attached hydrogen (secondary N) is 1.